The van der Waals surface area contributed by atoms with Crippen LogP contribution in [0.5, 0.6) is 0 Å². The zero-order valence-corrected chi connectivity index (χ0v) is 14.8. The first-order chi connectivity index (χ1) is 12.4. The maximum absolute atomic E-state index is 12.1. The van der Waals surface area contributed by atoms with Gasteiger partial charge in [-0.3, -0.25) is 19.7 Å². The molecule has 8 heteroatoms. The molecule has 0 fully saturated rings. The predicted octanol–water partition coefficient (Wildman–Crippen LogP) is 1.39. The van der Waals surface area contributed by atoms with Crippen molar-refractivity contribution < 1.29 is 19.1 Å². The number of carbonyl (C=O) groups is 3. The summed E-state index contributed by atoms with van der Waals surface area (Å²) in [7, 11) is 0. The first-order valence-electron chi connectivity index (χ1n) is 7.99. The molecule has 0 aliphatic carbocycles. The standard InChI is InChI=1S/C18H20N4O4/c1-11-5-6-14(9-12(11)2)17(25)21-10-15(23)26-13(3)16(24)22-18-19-7-4-8-20-18/h4-9,13H,10H2,1-3H3,(H,21,25)(H,19,20,22,24). The van der Waals surface area contributed by atoms with Crippen LogP contribution in [0, 0.1) is 13.8 Å². The van der Waals surface area contributed by atoms with Crippen molar-refractivity contribution in [2.45, 2.75) is 26.9 Å². The highest BCUT2D eigenvalue weighted by Gasteiger charge is 2.19. The van der Waals surface area contributed by atoms with Gasteiger partial charge in [0.25, 0.3) is 11.8 Å². The summed E-state index contributed by atoms with van der Waals surface area (Å²) >= 11 is 0. The molecule has 0 aliphatic rings. The number of rotatable bonds is 6. The molecule has 0 bridgehead atoms. The highest BCUT2D eigenvalue weighted by Crippen LogP contribution is 2.09. The number of nitrogens with zero attached hydrogens (tertiary/aromatic N) is 2. The van der Waals surface area contributed by atoms with Gasteiger partial charge >= 0.3 is 5.97 Å². The van der Waals surface area contributed by atoms with Gasteiger partial charge in [-0.05, 0) is 50.1 Å². The maximum Gasteiger partial charge on any atom is 0.326 e. The summed E-state index contributed by atoms with van der Waals surface area (Å²) in [5.74, 6) is -1.56. The lowest BCUT2D eigenvalue weighted by Crippen LogP contribution is -2.36. The Hall–Kier alpha value is -3.29. The van der Waals surface area contributed by atoms with Gasteiger partial charge in [-0.1, -0.05) is 6.07 Å². The van der Waals surface area contributed by atoms with Crippen LogP contribution in [-0.4, -0.2) is 40.4 Å². The van der Waals surface area contributed by atoms with E-state index >= 15 is 0 Å². The zero-order valence-electron chi connectivity index (χ0n) is 14.8. The second-order valence-electron chi connectivity index (χ2n) is 5.68. The van der Waals surface area contributed by atoms with Gasteiger partial charge in [0.15, 0.2) is 6.10 Å². The van der Waals surface area contributed by atoms with E-state index in [1.165, 1.54) is 19.3 Å². The van der Waals surface area contributed by atoms with Crippen LogP contribution in [0.3, 0.4) is 0 Å². The molecule has 2 aromatic rings. The van der Waals surface area contributed by atoms with Gasteiger partial charge in [0.1, 0.15) is 6.54 Å². The third kappa shape index (κ3) is 5.37. The van der Waals surface area contributed by atoms with Crippen LogP contribution in [0.1, 0.15) is 28.4 Å². The first-order valence-corrected chi connectivity index (χ1v) is 7.99. The molecule has 26 heavy (non-hydrogen) atoms. The van der Waals surface area contributed by atoms with Gasteiger partial charge in [0.2, 0.25) is 5.95 Å². The van der Waals surface area contributed by atoms with E-state index in [1.54, 1.807) is 18.2 Å². The van der Waals surface area contributed by atoms with Gasteiger partial charge in [-0.25, -0.2) is 9.97 Å². The molecule has 2 amide bonds. The van der Waals surface area contributed by atoms with E-state index in [-0.39, 0.29) is 18.4 Å². The molecule has 0 radical (unpaired) electrons. The van der Waals surface area contributed by atoms with Crippen LogP contribution < -0.4 is 10.6 Å². The molecule has 0 saturated heterocycles. The molecule has 1 heterocycles. The predicted molar refractivity (Wildman–Crippen MR) is 94.5 cm³/mol. The number of amides is 2. The van der Waals surface area contributed by atoms with Crippen LogP contribution in [0.15, 0.2) is 36.7 Å². The van der Waals surface area contributed by atoms with Crippen LogP contribution in [0.4, 0.5) is 5.95 Å². The average Bonchev–Trinajstić information content (AvgIpc) is 2.62. The molecule has 136 valence electrons. The van der Waals surface area contributed by atoms with E-state index in [9.17, 15) is 14.4 Å². The Morgan fingerprint density at radius 1 is 1.12 bits per heavy atom. The lowest BCUT2D eigenvalue weighted by molar-refractivity contribution is -0.152. The molecule has 2 N–H and O–H groups in total. The number of aryl methyl sites for hydroxylation is 2. The minimum absolute atomic E-state index is 0.114. The number of carbonyl (C=O) groups excluding carboxylic acids is 3. The van der Waals surface area contributed by atoms with E-state index in [4.69, 9.17) is 4.74 Å². The van der Waals surface area contributed by atoms with Crippen LogP contribution in [0.25, 0.3) is 0 Å². The Morgan fingerprint density at radius 2 is 1.81 bits per heavy atom. The third-order valence-electron chi connectivity index (χ3n) is 3.64. The lowest BCUT2D eigenvalue weighted by atomic mass is 10.1. The number of ether oxygens (including phenoxy) is 1. The smallest absolute Gasteiger partial charge is 0.326 e. The summed E-state index contributed by atoms with van der Waals surface area (Å²) in [6, 6.07) is 6.86. The van der Waals surface area contributed by atoms with Crippen LogP contribution >= 0.6 is 0 Å². The van der Waals surface area contributed by atoms with Gasteiger partial charge in [-0.2, -0.15) is 0 Å². The highest BCUT2D eigenvalue weighted by molar-refractivity contribution is 5.97. The van der Waals surface area contributed by atoms with Crippen molar-refractivity contribution in [3.63, 3.8) is 0 Å². The number of nitrogens with one attached hydrogen (secondary N) is 2. The van der Waals surface area contributed by atoms with Gasteiger partial charge in [0.05, 0.1) is 0 Å². The van der Waals surface area contributed by atoms with Crippen LogP contribution in [0.2, 0.25) is 0 Å². The summed E-state index contributed by atoms with van der Waals surface area (Å²) in [6.45, 7) is 4.92. The SMILES string of the molecule is Cc1ccc(C(=O)NCC(=O)OC(C)C(=O)Nc2ncccn2)cc1C. The molecule has 1 aromatic carbocycles. The fourth-order valence-corrected chi connectivity index (χ4v) is 2.00. The fraction of sp³-hybridized carbons (Fsp3) is 0.278. The topological polar surface area (TPSA) is 110 Å². The molecule has 2 rings (SSSR count). The number of aromatic nitrogens is 2. The second kappa shape index (κ2) is 8.70. The molecule has 1 atom stereocenters. The largest absolute Gasteiger partial charge is 0.451 e. The number of hydrogen-bond acceptors (Lipinski definition) is 6. The summed E-state index contributed by atoms with van der Waals surface area (Å²) in [4.78, 5) is 43.5. The number of benzene rings is 1. The molecule has 0 spiro atoms. The average molecular weight is 356 g/mol. The van der Waals surface area contributed by atoms with Crippen molar-refractivity contribution in [2.24, 2.45) is 0 Å². The summed E-state index contributed by atoms with van der Waals surface area (Å²) in [5, 5.41) is 4.89. The van der Waals surface area contributed by atoms with Crippen molar-refractivity contribution in [1.82, 2.24) is 15.3 Å². The van der Waals surface area contributed by atoms with Gasteiger partial charge in [-0.15, -0.1) is 0 Å². The van der Waals surface area contributed by atoms with E-state index < -0.39 is 18.0 Å². The Kier molecular flexibility index (Phi) is 6.37. The fourth-order valence-electron chi connectivity index (χ4n) is 2.00. The summed E-state index contributed by atoms with van der Waals surface area (Å²) in [5.41, 5.74) is 2.50. The molecule has 0 aliphatic heterocycles. The Morgan fingerprint density at radius 3 is 2.46 bits per heavy atom. The molecule has 1 unspecified atom stereocenters. The second-order valence-corrected chi connectivity index (χ2v) is 5.68. The normalized spacial score (nSPS) is 11.3. The Labute approximate surface area is 151 Å². The minimum Gasteiger partial charge on any atom is -0.451 e. The highest BCUT2D eigenvalue weighted by atomic mass is 16.5. The van der Waals surface area contributed by atoms with E-state index in [2.05, 4.69) is 20.6 Å². The molecule has 0 saturated carbocycles. The maximum atomic E-state index is 12.1. The minimum atomic E-state index is -1.05. The van der Waals surface area contributed by atoms with Crippen molar-refractivity contribution in [1.29, 1.82) is 0 Å². The van der Waals surface area contributed by atoms with Crippen molar-refractivity contribution in [3.8, 4) is 0 Å². The Bertz CT molecular complexity index is 808. The monoisotopic (exact) mass is 356 g/mol. The lowest BCUT2D eigenvalue weighted by Gasteiger charge is -2.13. The molecule has 8 nitrogen and oxygen atoms in total. The van der Waals surface area contributed by atoms with E-state index in [0.29, 0.717) is 5.56 Å². The summed E-state index contributed by atoms with van der Waals surface area (Å²) < 4.78 is 4.99. The third-order valence-corrected chi connectivity index (χ3v) is 3.64. The Balaban J connectivity index is 1.81. The zero-order chi connectivity index (χ0) is 19.1. The molecular formula is C18H20N4O4. The van der Waals surface area contributed by atoms with Crippen molar-refractivity contribution >= 4 is 23.7 Å². The van der Waals surface area contributed by atoms with Gasteiger partial charge in [0, 0.05) is 18.0 Å². The quantitative estimate of drug-likeness (QED) is 0.757. The molecule has 1 aromatic heterocycles. The number of hydrogen-bond donors (Lipinski definition) is 2. The van der Waals surface area contributed by atoms with Crippen LogP contribution in [-0.2, 0) is 14.3 Å². The first kappa shape index (κ1) is 19.0. The van der Waals surface area contributed by atoms with E-state index in [0.717, 1.165) is 11.1 Å². The number of anilines is 1. The molecular weight excluding hydrogens is 336 g/mol. The van der Waals surface area contributed by atoms with Crippen molar-refractivity contribution in [2.75, 3.05) is 11.9 Å². The van der Waals surface area contributed by atoms with Crippen molar-refractivity contribution in [3.05, 3.63) is 53.3 Å². The van der Waals surface area contributed by atoms with Gasteiger partial charge < -0.3 is 10.1 Å². The summed E-state index contributed by atoms with van der Waals surface area (Å²) in [6.07, 6.45) is 1.90. The van der Waals surface area contributed by atoms with E-state index in [1.807, 2.05) is 19.9 Å². The number of esters is 1.